The normalized spacial score (nSPS) is 10.8. The lowest BCUT2D eigenvalue weighted by Crippen LogP contribution is -2.04. The molecule has 0 atom stereocenters. The van der Waals surface area contributed by atoms with Gasteiger partial charge in [0.2, 0.25) is 0 Å². The summed E-state index contributed by atoms with van der Waals surface area (Å²) in [5.41, 5.74) is 1.32. The lowest BCUT2D eigenvalue weighted by atomic mass is 10.1. The van der Waals surface area contributed by atoms with Crippen LogP contribution in [0.2, 0.25) is 0 Å². The van der Waals surface area contributed by atoms with E-state index in [1.165, 1.54) is 13.2 Å². The summed E-state index contributed by atoms with van der Waals surface area (Å²) in [5.74, 6) is -0.544. The Morgan fingerprint density at radius 2 is 2.20 bits per heavy atom. The first-order chi connectivity index (χ1) is 9.51. The van der Waals surface area contributed by atoms with Crippen molar-refractivity contribution in [1.29, 1.82) is 0 Å². The minimum atomic E-state index is -0.550. The first-order valence-electron chi connectivity index (χ1n) is 6.42. The van der Waals surface area contributed by atoms with Gasteiger partial charge in [-0.15, -0.1) is 0 Å². The van der Waals surface area contributed by atoms with Crippen molar-refractivity contribution < 1.29 is 13.9 Å². The van der Waals surface area contributed by atoms with Gasteiger partial charge in [0, 0.05) is 23.9 Å². The van der Waals surface area contributed by atoms with Crippen LogP contribution in [0.5, 0.6) is 0 Å². The van der Waals surface area contributed by atoms with Gasteiger partial charge >= 0.3 is 5.97 Å². The highest BCUT2D eigenvalue weighted by molar-refractivity contribution is 5.90. The van der Waals surface area contributed by atoms with Gasteiger partial charge in [-0.25, -0.2) is 9.18 Å². The monoisotopic (exact) mass is 276 g/mol. The maximum atomic E-state index is 14.1. The molecule has 0 N–H and O–H groups in total. The molecule has 0 spiro atoms. The van der Waals surface area contributed by atoms with Gasteiger partial charge in [0.15, 0.2) is 0 Å². The standard InChI is InChI=1S/C15H17FN2O2/c1-10(2)8-18-9-12(7-17-18)13-5-4-11(6-14(13)16)15(19)20-3/h4-7,9-10H,8H2,1-3H3. The van der Waals surface area contributed by atoms with Crippen molar-refractivity contribution in [1.82, 2.24) is 9.78 Å². The SMILES string of the molecule is COC(=O)c1ccc(-c2cnn(CC(C)C)c2)c(F)c1. The maximum Gasteiger partial charge on any atom is 0.337 e. The number of esters is 1. The molecule has 0 amide bonds. The van der Waals surface area contributed by atoms with Gasteiger partial charge in [-0.2, -0.15) is 5.10 Å². The van der Waals surface area contributed by atoms with Crippen LogP contribution >= 0.6 is 0 Å². The molecule has 2 aromatic rings. The van der Waals surface area contributed by atoms with Gasteiger partial charge in [-0.3, -0.25) is 4.68 Å². The molecular formula is C15H17FN2O2. The second-order valence-corrected chi connectivity index (χ2v) is 5.03. The second kappa shape index (κ2) is 5.86. The fourth-order valence-corrected chi connectivity index (χ4v) is 1.97. The van der Waals surface area contributed by atoms with E-state index in [-0.39, 0.29) is 5.56 Å². The van der Waals surface area contributed by atoms with Crippen LogP contribution in [0.3, 0.4) is 0 Å². The Bertz CT molecular complexity index is 620. The van der Waals surface area contributed by atoms with E-state index in [9.17, 15) is 9.18 Å². The van der Waals surface area contributed by atoms with Crippen molar-refractivity contribution >= 4 is 5.97 Å². The van der Waals surface area contributed by atoms with E-state index in [4.69, 9.17) is 0 Å². The third-order valence-corrected chi connectivity index (χ3v) is 2.89. The predicted molar refractivity (Wildman–Crippen MR) is 73.8 cm³/mol. The largest absolute Gasteiger partial charge is 0.465 e. The molecule has 5 heteroatoms. The fraction of sp³-hybridized carbons (Fsp3) is 0.333. The first-order valence-corrected chi connectivity index (χ1v) is 6.42. The van der Waals surface area contributed by atoms with E-state index in [2.05, 4.69) is 23.7 Å². The highest BCUT2D eigenvalue weighted by Crippen LogP contribution is 2.23. The van der Waals surface area contributed by atoms with Crippen LogP contribution in [0.4, 0.5) is 4.39 Å². The van der Waals surface area contributed by atoms with E-state index >= 15 is 0 Å². The lowest BCUT2D eigenvalue weighted by Gasteiger charge is -2.04. The van der Waals surface area contributed by atoms with Crippen molar-refractivity contribution in [2.75, 3.05) is 7.11 Å². The molecule has 0 unspecified atom stereocenters. The van der Waals surface area contributed by atoms with Crippen LogP contribution in [0.15, 0.2) is 30.6 Å². The zero-order valence-electron chi connectivity index (χ0n) is 11.8. The summed E-state index contributed by atoms with van der Waals surface area (Å²) < 4.78 is 20.4. The van der Waals surface area contributed by atoms with E-state index < -0.39 is 11.8 Å². The van der Waals surface area contributed by atoms with Gasteiger partial charge in [0.05, 0.1) is 18.9 Å². The predicted octanol–water partition coefficient (Wildman–Crippen LogP) is 3.13. The van der Waals surface area contributed by atoms with Crippen LogP contribution in [0.25, 0.3) is 11.1 Å². The molecule has 0 saturated heterocycles. The van der Waals surface area contributed by atoms with Crippen molar-refractivity contribution in [2.45, 2.75) is 20.4 Å². The Balaban J connectivity index is 2.29. The summed E-state index contributed by atoms with van der Waals surface area (Å²) in [6, 6.07) is 4.29. The van der Waals surface area contributed by atoms with Gasteiger partial charge < -0.3 is 4.74 Å². The topological polar surface area (TPSA) is 44.1 Å². The average Bonchev–Trinajstić information content (AvgIpc) is 2.85. The highest BCUT2D eigenvalue weighted by atomic mass is 19.1. The third kappa shape index (κ3) is 3.04. The summed E-state index contributed by atoms with van der Waals surface area (Å²) in [6.07, 6.45) is 3.43. The molecule has 0 saturated carbocycles. The Morgan fingerprint density at radius 1 is 1.45 bits per heavy atom. The van der Waals surface area contributed by atoms with Crippen LogP contribution in [0, 0.1) is 11.7 Å². The van der Waals surface area contributed by atoms with Gasteiger partial charge in [-0.05, 0) is 18.1 Å². The van der Waals surface area contributed by atoms with Gasteiger partial charge in [-0.1, -0.05) is 19.9 Å². The molecule has 0 fully saturated rings. The zero-order chi connectivity index (χ0) is 14.7. The number of ether oxygens (including phenoxy) is 1. The number of nitrogens with zero attached hydrogens (tertiary/aromatic N) is 2. The molecule has 4 nitrogen and oxygen atoms in total. The zero-order valence-corrected chi connectivity index (χ0v) is 11.8. The first kappa shape index (κ1) is 14.2. The van der Waals surface area contributed by atoms with Crippen molar-refractivity contribution in [3.8, 4) is 11.1 Å². The summed E-state index contributed by atoms with van der Waals surface area (Å²) >= 11 is 0. The smallest absolute Gasteiger partial charge is 0.337 e. The number of halogens is 1. The molecule has 1 heterocycles. The Labute approximate surface area is 117 Å². The molecule has 2 rings (SSSR count). The molecule has 0 radical (unpaired) electrons. The average molecular weight is 276 g/mol. The Kier molecular flexibility index (Phi) is 4.17. The van der Waals surface area contributed by atoms with Gasteiger partial charge in [0.1, 0.15) is 5.82 Å². The number of methoxy groups -OCH3 is 1. The third-order valence-electron chi connectivity index (χ3n) is 2.89. The molecule has 1 aromatic carbocycles. The molecule has 0 aliphatic carbocycles. The van der Waals surface area contributed by atoms with E-state index in [0.29, 0.717) is 17.0 Å². The number of carbonyl (C=O) groups excluding carboxylic acids is 1. The summed E-state index contributed by atoms with van der Waals surface area (Å²) in [6.45, 7) is 4.96. The molecule has 0 aliphatic rings. The van der Waals surface area contributed by atoms with Crippen molar-refractivity contribution in [2.24, 2.45) is 5.92 Å². The van der Waals surface area contributed by atoms with Crippen LogP contribution < -0.4 is 0 Å². The van der Waals surface area contributed by atoms with Gasteiger partial charge in [0.25, 0.3) is 0 Å². The van der Waals surface area contributed by atoms with E-state index in [1.54, 1.807) is 29.2 Å². The van der Waals surface area contributed by atoms with Crippen LogP contribution in [-0.2, 0) is 11.3 Å². The summed E-state index contributed by atoms with van der Waals surface area (Å²) in [5, 5.41) is 4.21. The highest BCUT2D eigenvalue weighted by Gasteiger charge is 2.12. The molecule has 0 aliphatic heterocycles. The maximum absolute atomic E-state index is 14.1. The number of hydrogen-bond acceptors (Lipinski definition) is 3. The minimum absolute atomic E-state index is 0.198. The van der Waals surface area contributed by atoms with Crippen LogP contribution in [-0.4, -0.2) is 22.9 Å². The van der Waals surface area contributed by atoms with Crippen LogP contribution in [0.1, 0.15) is 24.2 Å². The number of carbonyl (C=O) groups is 1. The number of aromatic nitrogens is 2. The number of rotatable bonds is 4. The summed E-state index contributed by atoms with van der Waals surface area (Å²) in [7, 11) is 1.27. The van der Waals surface area contributed by atoms with E-state index in [1.807, 2.05) is 0 Å². The van der Waals surface area contributed by atoms with Crippen molar-refractivity contribution in [3.63, 3.8) is 0 Å². The summed E-state index contributed by atoms with van der Waals surface area (Å²) in [4.78, 5) is 11.3. The Hall–Kier alpha value is -2.17. The van der Waals surface area contributed by atoms with Crippen molar-refractivity contribution in [3.05, 3.63) is 42.0 Å². The molecule has 106 valence electrons. The number of hydrogen-bond donors (Lipinski definition) is 0. The molecule has 20 heavy (non-hydrogen) atoms. The quantitative estimate of drug-likeness (QED) is 0.806. The molecular weight excluding hydrogens is 259 g/mol. The number of benzene rings is 1. The minimum Gasteiger partial charge on any atom is -0.465 e. The molecule has 0 bridgehead atoms. The van der Waals surface area contributed by atoms with E-state index in [0.717, 1.165) is 6.54 Å². The molecule has 1 aromatic heterocycles. The fourth-order valence-electron chi connectivity index (χ4n) is 1.97. The Morgan fingerprint density at radius 3 is 2.80 bits per heavy atom. The lowest BCUT2D eigenvalue weighted by molar-refractivity contribution is 0.0600. The second-order valence-electron chi connectivity index (χ2n) is 5.03.